The van der Waals surface area contributed by atoms with E-state index < -0.39 is 0 Å². The molecular weight excluding hydrogens is 283 g/mol. The van der Waals surface area contributed by atoms with Gasteiger partial charge in [-0.3, -0.25) is 0 Å². The Balaban J connectivity index is 0.000000490. The molecule has 4 N–H and O–H groups in total. The molecule has 3 heteroatoms. The molecule has 2 atom stereocenters. The summed E-state index contributed by atoms with van der Waals surface area (Å²) < 4.78 is 0. The molecule has 1 saturated carbocycles. The van der Waals surface area contributed by atoms with Crippen LogP contribution in [0.15, 0.2) is 0 Å². The first-order valence-corrected chi connectivity index (χ1v) is 2.67. The molecule has 1 fully saturated rings. The molecule has 0 aromatic rings. The third-order valence-electron chi connectivity index (χ3n) is 1.84. The van der Waals surface area contributed by atoms with Gasteiger partial charge in [-0.2, -0.15) is 0 Å². The quantitative estimate of drug-likeness (QED) is 0.651. The number of nitrogens with two attached hydrogens (primary N) is 2. The third-order valence-corrected chi connectivity index (χ3v) is 1.84. The first-order chi connectivity index (χ1) is 3.13. The third kappa shape index (κ3) is 1.31. The van der Waals surface area contributed by atoms with E-state index in [9.17, 15) is 0 Å². The Kier molecular flexibility index (Phi) is 2.65. The Morgan fingerprint density at radius 2 is 2.00 bits per heavy atom. The molecule has 0 aliphatic heterocycles. The molecule has 1 aliphatic carbocycles. The fourth-order valence-electron chi connectivity index (χ4n) is 0.766. The minimum Gasteiger partial charge on any atom is -0.326 e. The topological polar surface area (TPSA) is 52.0 Å². The van der Waals surface area contributed by atoms with Gasteiger partial charge in [-0.15, -0.1) is 0 Å². The second kappa shape index (κ2) is 2.47. The Labute approximate surface area is 64.3 Å². The average Bonchev–Trinajstić information content (AvgIpc) is 1.63. The van der Waals surface area contributed by atoms with Crippen molar-refractivity contribution in [3.05, 3.63) is 0 Å². The zero-order chi connectivity index (χ0) is 5.49. The summed E-state index contributed by atoms with van der Waals surface area (Å²) in [5.41, 5.74) is 11.1. The van der Waals surface area contributed by atoms with Crippen LogP contribution in [0, 0.1) is 0 Å². The normalized spacial score (nSPS) is 44.6. The van der Waals surface area contributed by atoms with Gasteiger partial charge in [-0.1, -0.05) is 0 Å². The van der Waals surface area contributed by atoms with Gasteiger partial charge < -0.3 is 11.5 Å². The molecule has 0 aromatic heterocycles. The van der Waals surface area contributed by atoms with Gasteiger partial charge in [0.2, 0.25) is 0 Å². The van der Waals surface area contributed by atoms with Gasteiger partial charge in [0.15, 0.2) is 0 Å². The van der Waals surface area contributed by atoms with Gasteiger partial charge in [-0.25, -0.2) is 0 Å². The van der Waals surface area contributed by atoms with Crippen molar-refractivity contribution in [2.75, 3.05) is 0 Å². The van der Waals surface area contributed by atoms with Crippen LogP contribution in [0.1, 0.15) is 19.8 Å². The second-order valence-electron chi connectivity index (χ2n) is 2.65. The van der Waals surface area contributed by atoms with Crippen molar-refractivity contribution in [3.63, 3.8) is 0 Å². The van der Waals surface area contributed by atoms with Crippen molar-refractivity contribution in [3.8, 4) is 0 Å². The first-order valence-electron chi connectivity index (χ1n) is 2.67. The Morgan fingerprint density at radius 1 is 1.62 bits per heavy atom. The molecule has 0 unspecified atom stereocenters. The summed E-state index contributed by atoms with van der Waals surface area (Å²) in [6.07, 6.45) is 2.20. The van der Waals surface area contributed by atoms with Crippen LogP contribution in [-0.4, -0.2) is 11.6 Å². The molecule has 1 aliphatic rings. The summed E-state index contributed by atoms with van der Waals surface area (Å²) >= 11 is 0. The summed E-state index contributed by atoms with van der Waals surface area (Å²) in [7, 11) is 0. The summed E-state index contributed by atoms with van der Waals surface area (Å²) in [6.45, 7) is 2.00. The molecule has 0 saturated heterocycles. The molecule has 0 bridgehead atoms. The second-order valence-corrected chi connectivity index (χ2v) is 2.65. The van der Waals surface area contributed by atoms with Crippen LogP contribution in [0.3, 0.4) is 0 Å². The van der Waals surface area contributed by atoms with Crippen LogP contribution < -0.4 is 11.5 Å². The molecular formula is C5H12N2Pt. The SMILES string of the molecule is C[C@@]1(N)CC[C@@H]1N.[Pt]. The predicted octanol–water partition coefficient (Wildman–Crippen LogP) is -0.178. The summed E-state index contributed by atoms with van der Waals surface area (Å²) in [6, 6.07) is 0.257. The Bertz CT molecular complexity index is 82.5. The molecule has 0 heterocycles. The van der Waals surface area contributed by atoms with E-state index in [0.29, 0.717) is 0 Å². The van der Waals surface area contributed by atoms with Crippen LogP contribution in [0.4, 0.5) is 0 Å². The van der Waals surface area contributed by atoms with Crippen molar-refractivity contribution in [2.45, 2.75) is 31.3 Å². The van der Waals surface area contributed by atoms with Crippen molar-refractivity contribution in [2.24, 2.45) is 11.5 Å². The van der Waals surface area contributed by atoms with E-state index in [1.165, 1.54) is 0 Å². The van der Waals surface area contributed by atoms with Crippen LogP contribution in [-0.2, 0) is 21.1 Å². The molecule has 1 rings (SSSR count). The smallest absolute Gasteiger partial charge is 0.0279 e. The summed E-state index contributed by atoms with van der Waals surface area (Å²) in [4.78, 5) is 0. The number of hydrogen-bond acceptors (Lipinski definition) is 2. The number of rotatable bonds is 0. The van der Waals surface area contributed by atoms with Crippen molar-refractivity contribution >= 4 is 0 Å². The Hall–Kier alpha value is 0.608. The Morgan fingerprint density at radius 3 is 2.00 bits per heavy atom. The molecule has 52 valence electrons. The summed E-state index contributed by atoms with van der Waals surface area (Å²) in [5.74, 6) is 0. The van der Waals surface area contributed by atoms with E-state index in [0.717, 1.165) is 12.8 Å². The molecule has 2 nitrogen and oxygen atoms in total. The van der Waals surface area contributed by atoms with Crippen molar-refractivity contribution in [1.82, 2.24) is 0 Å². The maximum absolute atomic E-state index is 5.64. The van der Waals surface area contributed by atoms with Crippen molar-refractivity contribution < 1.29 is 21.1 Å². The molecule has 0 radical (unpaired) electrons. The van der Waals surface area contributed by atoms with E-state index >= 15 is 0 Å². The minimum absolute atomic E-state index is 0. The van der Waals surface area contributed by atoms with Gasteiger partial charge in [0.05, 0.1) is 0 Å². The fraction of sp³-hybridized carbons (Fsp3) is 1.00. The zero-order valence-corrected chi connectivity index (χ0v) is 7.23. The maximum atomic E-state index is 5.64. The van der Waals surface area contributed by atoms with Gasteiger partial charge in [0, 0.05) is 32.6 Å². The van der Waals surface area contributed by atoms with Crippen molar-refractivity contribution in [1.29, 1.82) is 0 Å². The average molecular weight is 295 g/mol. The monoisotopic (exact) mass is 295 g/mol. The minimum atomic E-state index is -0.0417. The van der Waals surface area contributed by atoms with Crippen LogP contribution in [0.25, 0.3) is 0 Å². The van der Waals surface area contributed by atoms with E-state index in [2.05, 4.69) is 0 Å². The predicted molar refractivity (Wildman–Crippen MR) is 29.8 cm³/mol. The van der Waals surface area contributed by atoms with Gasteiger partial charge in [0.25, 0.3) is 0 Å². The van der Waals surface area contributed by atoms with E-state index in [1.54, 1.807) is 0 Å². The summed E-state index contributed by atoms with van der Waals surface area (Å²) in [5, 5.41) is 0. The van der Waals surface area contributed by atoms with Gasteiger partial charge in [-0.05, 0) is 19.8 Å². The van der Waals surface area contributed by atoms with Crippen LogP contribution in [0.5, 0.6) is 0 Å². The maximum Gasteiger partial charge on any atom is 0.0279 e. The molecule has 0 amide bonds. The fourth-order valence-corrected chi connectivity index (χ4v) is 0.766. The zero-order valence-electron chi connectivity index (χ0n) is 4.96. The van der Waals surface area contributed by atoms with Gasteiger partial charge >= 0.3 is 0 Å². The molecule has 0 spiro atoms. The van der Waals surface area contributed by atoms with E-state index in [4.69, 9.17) is 11.5 Å². The van der Waals surface area contributed by atoms with E-state index in [1.807, 2.05) is 6.92 Å². The van der Waals surface area contributed by atoms with Crippen LogP contribution in [0.2, 0.25) is 0 Å². The molecule has 8 heavy (non-hydrogen) atoms. The van der Waals surface area contributed by atoms with Crippen LogP contribution >= 0.6 is 0 Å². The first kappa shape index (κ1) is 8.61. The molecule has 0 aromatic carbocycles. The van der Waals surface area contributed by atoms with Gasteiger partial charge in [0.1, 0.15) is 0 Å². The van der Waals surface area contributed by atoms with E-state index in [-0.39, 0.29) is 32.6 Å². The largest absolute Gasteiger partial charge is 0.326 e. The number of hydrogen-bond donors (Lipinski definition) is 2. The standard InChI is InChI=1S/C5H12N2.Pt/c1-5(7)3-2-4(5)6;/h4H,2-3,6-7H2,1H3;/t4-,5+;/m0./s1.